The van der Waals surface area contributed by atoms with Crippen LogP contribution in [0.4, 0.5) is 0 Å². The van der Waals surface area contributed by atoms with Gasteiger partial charge in [-0.15, -0.1) is 0 Å². The van der Waals surface area contributed by atoms with Gasteiger partial charge in [0.15, 0.2) is 0 Å². The first kappa shape index (κ1) is 10.6. The Morgan fingerprint density at radius 3 is 2.86 bits per heavy atom. The summed E-state index contributed by atoms with van der Waals surface area (Å²) in [6.45, 7) is 2.58. The van der Waals surface area contributed by atoms with Crippen molar-refractivity contribution in [1.82, 2.24) is 10.6 Å². The molecule has 4 heteroatoms. The van der Waals surface area contributed by atoms with Crippen LogP contribution in [0.5, 0.6) is 0 Å². The second-order valence-electron chi connectivity index (χ2n) is 3.37. The quantitative estimate of drug-likeness (QED) is 0.498. The van der Waals surface area contributed by atoms with Crippen LogP contribution in [0.25, 0.3) is 0 Å². The fourth-order valence-electron chi connectivity index (χ4n) is 0.934. The van der Waals surface area contributed by atoms with E-state index in [4.69, 9.17) is 5.26 Å². The fourth-order valence-corrected chi connectivity index (χ4v) is 0.934. The Kier molecular flexibility index (Phi) is 3.99. The SMILES string of the molecule is CCCNC(=O)/C(C#N)=C\NC1CC1. The molecule has 1 rings (SSSR count). The van der Waals surface area contributed by atoms with Crippen molar-refractivity contribution in [3.05, 3.63) is 11.8 Å². The van der Waals surface area contributed by atoms with Crippen LogP contribution in [-0.2, 0) is 4.79 Å². The largest absolute Gasteiger partial charge is 0.387 e. The maximum absolute atomic E-state index is 11.3. The summed E-state index contributed by atoms with van der Waals surface area (Å²) in [7, 11) is 0. The van der Waals surface area contributed by atoms with E-state index in [1.807, 2.05) is 13.0 Å². The third-order valence-electron chi connectivity index (χ3n) is 1.94. The second kappa shape index (κ2) is 5.28. The van der Waals surface area contributed by atoms with Gasteiger partial charge in [0.25, 0.3) is 5.91 Å². The Morgan fingerprint density at radius 1 is 1.64 bits per heavy atom. The smallest absolute Gasteiger partial charge is 0.263 e. The summed E-state index contributed by atoms with van der Waals surface area (Å²) < 4.78 is 0. The van der Waals surface area contributed by atoms with Crippen LogP contribution in [0.1, 0.15) is 26.2 Å². The van der Waals surface area contributed by atoms with Crippen LogP contribution in [0, 0.1) is 11.3 Å². The van der Waals surface area contributed by atoms with E-state index in [0.717, 1.165) is 19.3 Å². The number of rotatable bonds is 5. The number of nitrogens with zero attached hydrogens (tertiary/aromatic N) is 1. The summed E-state index contributed by atoms with van der Waals surface area (Å²) >= 11 is 0. The van der Waals surface area contributed by atoms with Crippen molar-refractivity contribution in [2.45, 2.75) is 32.2 Å². The molecule has 1 fully saturated rings. The topological polar surface area (TPSA) is 64.9 Å². The standard InChI is InChI=1S/C10H15N3O/c1-2-5-12-10(14)8(6-11)7-13-9-3-4-9/h7,9,13H,2-5H2,1H3,(H,12,14)/b8-7-. The van der Waals surface area contributed by atoms with Crippen LogP contribution < -0.4 is 10.6 Å². The lowest BCUT2D eigenvalue weighted by Crippen LogP contribution is -2.26. The predicted molar refractivity (Wildman–Crippen MR) is 53.2 cm³/mol. The van der Waals surface area contributed by atoms with E-state index in [1.165, 1.54) is 6.20 Å². The van der Waals surface area contributed by atoms with Gasteiger partial charge in [0.2, 0.25) is 0 Å². The van der Waals surface area contributed by atoms with Crippen molar-refractivity contribution in [3.8, 4) is 6.07 Å². The lowest BCUT2D eigenvalue weighted by molar-refractivity contribution is -0.117. The number of nitriles is 1. The zero-order valence-electron chi connectivity index (χ0n) is 8.34. The molecule has 1 saturated carbocycles. The van der Waals surface area contributed by atoms with Crippen molar-refractivity contribution in [2.24, 2.45) is 0 Å². The molecule has 2 N–H and O–H groups in total. The predicted octanol–water partition coefficient (Wildman–Crippen LogP) is 0.672. The molecule has 0 aromatic rings. The second-order valence-corrected chi connectivity index (χ2v) is 3.37. The van der Waals surface area contributed by atoms with Gasteiger partial charge < -0.3 is 10.6 Å². The zero-order chi connectivity index (χ0) is 10.4. The van der Waals surface area contributed by atoms with Gasteiger partial charge in [-0.3, -0.25) is 4.79 Å². The summed E-state index contributed by atoms with van der Waals surface area (Å²) in [4.78, 5) is 11.3. The Balaban J connectivity index is 2.38. The molecule has 0 radical (unpaired) electrons. The molecule has 0 saturated heterocycles. The molecule has 1 amide bonds. The number of nitrogens with one attached hydrogen (secondary N) is 2. The average Bonchev–Trinajstić information content (AvgIpc) is 2.99. The highest BCUT2D eigenvalue weighted by Gasteiger charge is 2.19. The minimum atomic E-state index is -0.289. The summed E-state index contributed by atoms with van der Waals surface area (Å²) in [5, 5.41) is 14.4. The normalized spacial score (nSPS) is 15.9. The molecule has 4 nitrogen and oxygen atoms in total. The summed E-state index contributed by atoms with van der Waals surface area (Å²) in [6, 6.07) is 2.35. The van der Waals surface area contributed by atoms with Crippen molar-refractivity contribution in [3.63, 3.8) is 0 Å². The number of carbonyl (C=O) groups is 1. The van der Waals surface area contributed by atoms with E-state index in [2.05, 4.69) is 10.6 Å². The first-order valence-corrected chi connectivity index (χ1v) is 4.92. The molecular formula is C10H15N3O. The van der Waals surface area contributed by atoms with Gasteiger partial charge in [0.1, 0.15) is 11.6 Å². The Hall–Kier alpha value is -1.50. The first-order chi connectivity index (χ1) is 6.77. The molecule has 0 spiro atoms. The molecule has 0 aromatic heterocycles. The van der Waals surface area contributed by atoms with E-state index in [1.54, 1.807) is 0 Å². The van der Waals surface area contributed by atoms with Gasteiger partial charge in [-0.1, -0.05) is 6.92 Å². The van der Waals surface area contributed by atoms with Crippen molar-refractivity contribution >= 4 is 5.91 Å². The fraction of sp³-hybridized carbons (Fsp3) is 0.600. The molecular weight excluding hydrogens is 178 g/mol. The van der Waals surface area contributed by atoms with Crippen molar-refractivity contribution in [1.29, 1.82) is 5.26 Å². The van der Waals surface area contributed by atoms with Crippen molar-refractivity contribution < 1.29 is 4.79 Å². The highest BCUT2D eigenvalue weighted by molar-refractivity contribution is 5.97. The number of amides is 1. The molecule has 0 bridgehead atoms. The molecule has 0 aliphatic heterocycles. The Labute approximate surface area is 84.0 Å². The maximum atomic E-state index is 11.3. The first-order valence-electron chi connectivity index (χ1n) is 4.92. The summed E-state index contributed by atoms with van der Waals surface area (Å²) in [5.74, 6) is -0.289. The van der Waals surface area contributed by atoms with Crippen LogP contribution in [-0.4, -0.2) is 18.5 Å². The van der Waals surface area contributed by atoms with Gasteiger partial charge in [-0.05, 0) is 19.3 Å². The molecule has 0 unspecified atom stereocenters. The average molecular weight is 193 g/mol. The maximum Gasteiger partial charge on any atom is 0.263 e. The van der Waals surface area contributed by atoms with Crippen LogP contribution >= 0.6 is 0 Å². The summed E-state index contributed by atoms with van der Waals surface area (Å²) in [6.07, 6.45) is 4.65. The monoisotopic (exact) mass is 193 g/mol. The van der Waals surface area contributed by atoms with E-state index in [0.29, 0.717) is 12.6 Å². The van der Waals surface area contributed by atoms with E-state index in [-0.39, 0.29) is 11.5 Å². The molecule has 0 atom stereocenters. The molecule has 1 aliphatic carbocycles. The van der Waals surface area contributed by atoms with Crippen LogP contribution in [0.15, 0.2) is 11.8 Å². The van der Waals surface area contributed by atoms with Crippen LogP contribution in [0.2, 0.25) is 0 Å². The number of hydrogen-bond donors (Lipinski definition) is 2. The number of carbonyl (C=O) groups excluding carboxylic acids is 1. The highest BCUT2D eigenvalue weighted by Crippen LogP contribution is 2.18. The third-order valence-corrected chi connectivity index (χ3v) is 1.94. The minimum absolute atomic E-state index is 0.158. The summed E-state index contributed by atoms with van der Waals surface area (Å²) in [5.41, 5.74) is 0.158. The van der Waals surface area contributed by atoms with Crippen LogP contribution in [0.3, 0.4) is 0 Å². The lowest BCUT2D eigenvalue weighted by atomic mass is 10.3. The molecule has 14 heavy (non-hydrogen) atoms. The molecule has 76 valence electrons. The van der Waals surface area contributed by atoms with Gasteiger partial charge in [0, 0.05) is 18.8 Å². The number of hydrogen-bond acceptors (Lipinski definition) is 3. The van der Waals surface area contributed by atoms with Gasteiger partial charge in [-0.2, -0.15) is 5.26 Å². The Bertz CT molecular complexity index is 274. The molecule has 0 aromatic carbocycles. The highest BCUT2D eigenvalue weighted by atomic mass is 16.1. The molecule has 0 heterocycles. The third kappa shape index (κ3) is 3.48. The molecule has 1 aliphatic rings. The lowest BCUT2D eigenvalue weighted by Gasteiger charge is -2.02. The van der Waals surface area contributed by atoms with E-state index in [9.17, 15) is 4.79 Å². The van der Waals surface area contributed by atoms with Gasteiger partial charge in [0.05, 0.1) is 0 Å². The van der Waals surface area contributed by atoms with Gasteiger partial charge >= 0.3 is 0 Å². The minimum Gasteiger partial charge on any atom is -0.387 e. The van der Waals surface area contributed by atoms with Crippen molar-refractivity contribution in [2.75, 3.05) is 6.54 Å². The van der Waals surface area contributed by atoms with Gasteiger partial charge in [-0.25, -0.2) is 0 Å². The van der Waals surface area contributed by atoms with E-state index >= 15 is 0 Å². The van der Waals surface area contributed by atoms with E-state index < -0.39 is 0 Å². The zero-order valence-corrected chi connectivity index (χ0v) is 8.34. The Morgan fingerprint density at radius 2 is 2.36 bits per heavy atom.